The first-order valence-electron chi connectivity index (χ1n) is 10.4. The fourth-order valence-corrected chi connectivity index (χ4v) is 4.68. The van der Waals surface area contributed by atoms with Gasteiger partial charge in [-0.25, -0.2) is 14.4 Å². The van der Waals surface area contributed by atoms with Crippen LogP contribution in [0.2, 0.25) is 0 Å². The molecule has 1 aliphatic carbocycles. The predicted octanol–water partition coefficient (Wildman–Crippen LogP) is 1.84. The van der Waals surface area contributed by atoms with Crippen molar-refractivity contribution >= 4 is 17.3 Å². The molecule has 2 aromatic carbocycles. The van der Waals surface area contributed by atoms with Gasteiger partial charge in [0.15, 0.2) is 0 Å². The number of aromatic nitrogens is 2. The highest BCUT2D eigenvalue weighted by molar-refractivity contribution is 6.21. The molecule has 5 rings (SSSR count). The van der Waals surface area contributed by atoms with Crippen LogP contribution in [0.15, 0.2) is 63.7 Å². The molecule has 1 unspecified atom stereocenters. The van der Waals surface area contributed by atoms with Gasteiger partial charge in [0, 0.05) is 18.2 Å². The molecule has 3 aromatic rings. The van der Waals surface area contributed by atoms with Gasteiger partial charge in [0.1, 0.15) is 17.0 Å². The quantitative estimate of drug-likeness (QED) is 0.672. The summed E-state index contributed by atoms with van der Waals surface area (Å²) in [4.78, 5) is 29.3. The Morgan fingerprint density at radius 1 is 0.935 bits per heavy atom. The second-order valence-electron chi connectivity index (χ2n) is 8.53. The smallest absolute Gasteiger partial charge is 0.417 e. The van der Waals surface area contributed by atoms with Gasteiger partial charge in [-0.15, -0.1) is 0 Å². The maximum atomic E-state index is 13.3. The van der Waals surface area contributed by atoms with Gasteiger partial charge < -0.3 is 5.11 Å². The summed E-state index contributed by atoms with van der Waals surface area (Å²) in [7, 11) is 3.14. The van der Waals surface area contributed by atoms with Gasteiger partial charge in [-0.2, -0.15) is 4.57 Å². The molecule has 0 saturated heterocycles. The molecular weight excluding hydrogens is 390 g/mol. The standard InChI is InChI=1S/C25H23N3O3/c1-13(2)14-9-11-15(12-10-14)18-19-21(16-7-5-6-8-17(16)22(19)29)26-23-20(18)24(30)28(4)25(31)27(23)3/h5-13,18,29H,1-4H3/p+1. The van der Waals surface area contributed by atoms with E-state index in [9.17, 15) is 14.7 Å². The molecule has 0 radical (unpaired) electrons. The van der Waals surface area contributed by atoms with Gasteiger partial charge in [-0.1, -0.05) is 56.3 Å². The van der Waals surface area contributed by atoms with E-state index in [2.05, 4.69) is 31.0 Å². The van der Waals surface area contributed by atoms with Crippen molar-refractivity contribution in [2.75, 3.05) is 0 Å². The number of benzene rings is 2. The van der Waals surface area contributed by atoms with Crippen molar-refractivity contribution in [3.8, 4) is 0 Å². The number of aliphatic hydroxyl groups excluding tert-OH is 1. The van der Waals surface area contributed by atoms with Crippen LogP contribution in [0.1, 0.15) is 53.5 Å². The van der Waals surface area contributed by atoms with Gasteiger partial charge in [-0.05, 0) is 23.1 Å². The van der Waals surface area contributed by atoms with E-state index in [0.29, 0.717) is 22.9 Å². The van der Waals surface area contributed by atoms with E-state index < -0.39 is 11.6 Å². The van der Waals surface area contributed by atoms with Crippen LogP contribution in [0.3, 0.4) is 0 Å². The lowest BCUT2D eigenvalue weighted by Crippen LogP contribution is -2.73. The second kappa shape index (κ2) is 6.67. The summed E-state index contributed by atoms with van der Waals surface area (Å²) >= 11 is 0. The van der Waals surface area contributed by atoms with Gasteiger partial charge in [0.2, 0.25) is 0 Å². The first kappa shape index (κ1) is 19.3. The zero-order valence-electron chi connectivity index (χ0n) is 17.9. The molecule has 1 aliphatic heterocycles. The fourth-order valence-electron chi connectivity index (χ4n) is 4.68. The van der Waals surface area contributed by atoms with E-state index in [1.807, 2.05) is 36.4 Å². The molecule has 6 nitrogen and oxygen atoms in total. The lowest BCUT2D eigenvalue weighted by atomic mass is 9.81. The highest BCUT2D eigenvalue weighted by atomic mass is 16.3. The van der Waals surface area contributed by atoms with E-state index in [1.165, 1.54) is 17.2 Å². The van der Waals surface area contributed by atoms with Crippen molar-refractivity contribution in [2.24, 2.45) is 14.1 Å². The predicted molar refractivity (Wildman–Crippen MR) is 120 cm³/mol. The van der Waals surface area contributed by atoms with Crippen LogP contribution in [-0.2, 0) is 14.1 Å². The van der Waals surface area contributed by atoms with Crippen LogP contribution in [0.25, 0.3) is 5.76 Å². The maximum absolute atomic E-state index is 13.3. The van der Waals surface area contributed by atoms with E-state index in [-0.39, 0.29) is 11.3 Å². The molecule has 2 aliphatic rings. The van der Waals surface area contributed by atoms with Crippen LogP contribution >= 0.6 is 0 Å². The van der Waals surface area contributed by atoms with Crippen LogP contribution in [-0.4, -0.2) is 20.0 Å². The summed E-state index contributed by atoms with van der Waals surface area (Å²) in [6, 6.07) is 15.7. The molecule has 31 heavy (non-hydrogen) atoms. The fraction of sp³-hybridized carbons (Fsp3) is 0.240. The number of nitrogens with zero attached hydrogens (tertiary/aromatic N) is 2. The molecule has 0 spiro atoms. The van der Waals surface area contributed by atoms with Crippen molar-refractivity contribution < 1.29 is 10.1 Å². The largest absolute Gasteiger partial charge is 0.507 e. The zero-order valence-corrected chi connectivity index (χ0v) is 17.9. The van der Waals surface area contributed by atoms with E-state index in [0.717, 1.165) is 27.0 Å². The maximum Gasteiger partial charge on any atom is 0.417 e. The Balaban J connectivity index is 1.88. The summed E-state index contributed by atoms with van der Waals surface area (Å²) in [6.45, 7) is 4.27. The van der Waals surface area contributed by atoms with Crippen LogP contribution in [0.5, 0.6) is 0 Å². The summed E-state index contributed by atoms with van der Waals surface area (Å²) < 4.78 is 2.59. The topological polar surface area (TPSA) is 78.2 Å². The first-order chi connectivity index (χ1) is 14.8. The molecule has 0 saturated carbocycles. The van der Waals surface area contributed by atoms with Crippen molar-refractivity contribution in [1.29, 1.82) is 0 Å². The van der Waals surface area contributed by atoms with Crippen molar-refractivity contribution in [2.45, 2.75) is 25.7 Å². The third kappa shape index (κ3) is 2.61. The van der Waals surface area contributed by atoms with Gasteiger partial charge >= 0.3 is 5.69 Å². The molecule has 0 amide bonds. The Morgan fingerprint density at radius 2 is 1.58 bits per heavy atom. The Bertz CT molecular complexity index is 1420. The molecule has 1 aromatic heterocycles. The second-order valence-corrected chi connectivity index (χ2v) is 8.53. The number of nitrogens with one attached hydrogen (secondary N) is 1. The Hall–Kier alpha value is -3.67. The molecule has 2 N–H and O–H groups in total. The summed E-state index contributed by atoms with van der Waals surface area (Å²) in [5.41, 5.74) is 4.78. The summed E-state index contributed by atoms with van der Waals surface area (Å²) in [5.74, 6) is 0.519. The average Bonchev–Trinajstić information content (AvgIpc) is 3.07. The highest BCUT2D eigenvalue weighted by Crippen LogP contribution is 2.43. The van der Waals surface area contributed by atoms with Crippen LogP contribution in [0.4, 0.5) is 5.82 Å². The molecule has 2 heterocycles. The van der Waals surface area contributed by atoms with Gasteiger partial charge in [-0.3, -0.25) is 4.79 Å². The minimum absolute atomic E-state index is 0.164. The molecular formula is C25H24N3O3+. The number of allylic oxidation sites excluding steroid dienone is 1. The molecule has 6 heteroatoms. The van der Waals surface area contributed by atoms with E-state index in [4.69, 9.17) is 0 Å². The average molecular weight is 414 g/mol. The van der Waals surface area contributed by atoms with Crippen molar-refractivity contribution in [3.05, 3.63) is 103 Å². The minimum atomic E-state index is -0.495. The van der Waals surface area contributed by atoms with Crippen LogP contribution < -0.4 is 16.2 Å². The minimum Gasteiger partial charge on any atom is -0.507 e. The SMILES string of the molecule is CC(C)c1ccc(C2C3=C(O)c4ccccc4C3=[NH+]c3c2c(=O)n(C)c(=O)n3C)cc1. The number of rotatable bonds is 2. The number of fused-ring (bicyclic) bond motifs is 4. The molecule has 1 atom stereocenters. The van der Waals surface area contributed by atoms with E-state index in [1.54, 1.807) is 7.05 Å². The number of hydrogen-bond acceptors (Lipinski definition) is 3. The third-order valence-corrected chi connectivity index (χ3v) is 6.43. The summed E-state index contributed by atoms with van der Waals surface area (Å²) in [5, 5.41) is 11.2. The zero-order chi connectivity index (χ0) is 22.0. The monoisotopic (exact) mass is 414 g/mol. The Labute approximate surface area is 179 Å². The Kier molecular flexibility index (Phi) is 4.15. The molecule has 0 bridgehead atoms. The third-order valence-electron chi connectivity index (χ3n) is 6.43. The number of hydrogen-bond donors (Lipinski definition) is 2. The molecule has 0 fully saturated rings. The first-order valence-corrected chi connectivity index (χ1v) is 10.4. The Morgan fingerprint density at radius 3 is 2.23 bits per heavy atom. The highest BCUT2D eigenvalue weighted by Gasteiger charge is 2.44. The lowest BCUT2D eigenvalue weighted by Gasteiger charge is -2.24. The molecule has 156 valence electrons. The van der Waals surface area contributed by atoms with Crippen molar-refractivity contribution in [3.63, 3.8) is 0 Å². The van der Waals surface area contributed by atoms with Crippen LogP contribution in [0, 0.1) is 0 Å². The van der Waals surface area contributed by atoms with Gasteiger partial charge in [0.25, 0.3) is 11.4 Å². The summed E-state index contributed by atoms with van der Waals surface area (Å²) in [6.07, 6.45) is 0. The van der Waals surface area contributed by atoms with Crippen molar-refractivity contribution in [1.82, 2.24) is 9.13 Å². The van der Waals surface area contributed by atoms with Gasteiger partial charge in [0.05, 0.1) is 18.5 Å². The van der Waals surface area contributed by atoms with E-state index >= 15 is 0 Å². The lowest BCUT2D eigenvalue weighted by molar-refractivity contribution is -0.364. The number of aliphatic hydroxyl groups is 1. The normalized spacial score (nSPS) is 16.8.